The highest BCUT2D eigenvalue weighted by Crippen LogP contribution is 2.29. The first-order valence-electron chi connectivity index (χ1n) is 4.44. The number of benzene rings is 1. The van der Waals surface area contributed by atoms with Crippen molar-refractivity contribution in [2.24, 2.45) is 0 Å². The van der Waals surface area contributed by atoms with Gasteiger partial charge in [-0.2, -0.15) is 0 Å². The standard InChI is InChI=1S/C10H11BrN2O3/c1-7(11)6-12-9-4-3-8(16-2)5-10(9)13(14)15/h3-5,12H,1,6H2,2H3. The molecule has 0 spiro atoms. The third-order valence-electron chi connectivity index (χ3n) is 1.87. The average Bonchev–Trinajstić information content (AvgIpc) is 2.25. The van der Waals surface area contributed by atoms with E-state index in [0.29, 0.717) is 18.0 Å². The molecule has 1 N–H and O–H groups in total. The number of ether oxygens (including phenoxy) is 1. The van der Waals surface area contributed by atoms with Crippen molar-refractivity contribution in [3.63, 3.8) is 0 Å². The lowest BCUT2D eigenvalue weighted by molar-refractivity contribution is -0.384. The van der Waals surface area contributed by atoms with Crippen LogP contribution >= 0.6 is 15.9 Å². The normalized spacial score (nSPS) is 9.62. The maximum absolute atomic E-state index is 10.8. The van der Waals surface area contributed by atoms with E-state index in [4.69, 9.17) is 4.74 Å². The van der Waals surface area contributed by atoms with Crippen LogP contribution in [0, 0.1) is 10.1 Å². The number of hydrogen-bond acceptors (Lipinski definition) is 4. The quantitative estimate of drug-likeness (QED) is 0.668. The van der Waals surface area contributed by atoms with Crippen LogP contribution in [0.15, 0.2) is 29.3 Å². The van der Waals surface area contributed by atoms with E-state index in [2.05, 4.69) is 27.8 Å². The van der Waals surface area contributed by atoms with Gasteiger partial charge in [-0.1, -0.05) is 22.5 Å². The van der Waals surface area contributed by atoms with E-state index in [9.17, 15) is 10.1 Å². The van der Waals surface area contributed by atoms with Gasteiger partial charge >= 0.3 is 0 Å². The van der Waals surface area contributed by atoms with Crippen molar-refractivity contribution < 1.29 is 9.66 Å². The number of nitro groups is 1. The fraction of sp³-hybridized carbons (Fsp3) is 0.200. The van der Waals surface area contributed by atoms with Crippen LogP contribution in [-0.4, -0.2) is 18.6 Å². The lowest BCUT2D eigenvalue weighted by atomic mass is 10.2. The monoisotopic (exact) mass is 286 g/mol. The lowest BCUT2D eigenvalue weighted by Gasteiger charge is -2.07. The van der Waals surface area contributed by atoms with Crippen molar-refractivity contribution in [2.75, 3.05) is 19.0 Å². The molecule has 6 heteroatoms. The molecule has 16 heavy (non-hydrogen) atoms. The Kier molecular flexibility index (Phi) is 4.30. The Morgan fingerprint density at radius 1 is 1.69 bits per heavy atom. The van der Waals surface area contributed by atoms with Gasteiger partial charge in [0, 0.05) is 11.0 Å². The Balaban J connectivity index is 2.98. The van der Waals surface area contributed by atoms with Crippen molar-refractivity contribution in [1.29, 1.82) is 0 Å². The van der Waals surface area contributed by atoms with Gasteiger partial charge in [-0.25, -0.2) is 0 Å². The van der Waals surface area contributed by atoms with Gasteiger partial charge in [0.15, 0.2) is 0 Å². The third-order valence-corrected chi connectivity index (χ3v) is 2.15. The molecule has 1 rings (SSSR count). The highest BCUT2D eigenvalue weighted by atomic mass is 79.9. The van der Waals surface area contributed by atoms with E-state index in [0.717, 1.165) is 4.48 Å². The molecule has 5 nitrogen and oxygen atoms in total. The molecule has 0 aliphatic rings. The SMILES string of the molecule is C=C(Br)CNc1ccc(OC)cc1[N+](=O)[O-]. The number of nitrogens with one attached hydrogen (secondary N) is 1. The molecular weight excluding hydrogens is 276 g/mol. The molecule has 0 aliphatic heterocycles. The number of nitrogens with zero attached hydrogens (tertiary/aromatic N) is 1. The number of methoxy groups -OCH3 is 1. The maximum atomic E-state index is 10.8. The summed E-state index contributed by atoms with van der Waals surface area (Å²) in [6, 6.07) is 4.64. The van der Waals surface area contributed by atoms with E-state index in [1.54, 1.807) is 12.1 Å². The van der Waals surface area contributed by atoms with Crippen molar-refractivity contribution in [3.8, 4) is 5.75 Å². The predicted molar refractivity (Wildman–Crippen MR) is 66.2 cm³/mol. The van der Waals surface area contributed by atoms with Crippen LogP contribution < -0.4 is 10.1 Å². The number of nitro benzene ring substituents is 1. The zero-order valence-corrected chi connectivity index (χ0v) is 10.3. The summed E-state index contributed by atoms with van der Waals surface area (Å²) in [5, 5.41) is 13.7. The zero-order valence-electron chi connectivity index (χ0n) is 8.70. The molecule has 86 valence electrons. The topological polar surface area (TPSA) is 64.4 Å². The molecule has 0 heterocycles. The van der Waals surface area contributed by atoms with Gasteiger partial charge in [-0.3, -0.25) is 10.1 Å². The van der Waals surface area contributed by atoms with Crippen LogP contribution in [-0.2, 0) is 0 Å². The molecular formula is C10H11BrN2O3. The smallest absolute Gasteiger partial charge is 0.296 e. The van der Waals surface area contributed by atoms with Crippen LogP contribution in [0.5, 0.6) is 5.75 Å². The first kappa shape index (κ1) is 12.5. The summed E-state index contributed by atoms with van der Waals surface area (Å²) in [6.07, 6.45) is 0. The number of hydrogen-bond donors (Lipinski definition) is 1. The van der Waals surface area contributed by atoms with Gasteiger partial charge in [0.25, 0.3) is 5.69 Å². The molecule has 0 unspecified atom stereocenters. The fourth-order valence-corrected chi connectivity index (χ4v) is 1.27. The van der Waals surface area contributed by atoms with Gasteiger partial charge in [0.2, 0.25) is 0 Å². The summed E-state index contributed by atoms with van der Waals surface area (Å²) >= 11 is 3.17. The zero-order chi connectivity index (χ0) is 12.1. The summed E-state index contributed by atoms with van der Waals surface area (Å²) in [4.78, 5) is 10.4. The minimum atomic E-state index is -0.457. The van der Waals surface area contributed by atoms with E-state index in [1.807, 2.05) is 0 Å². The highest BCUT2D eigenvalue weighted by Gasteiger charge is 2.14. The van der Waals surface area contributed by atoms with E-state index >= 15 is 0 Å². The second-order valence-corrected chi connectivity index (χ2v) is 4.13. The van der Waals surface area contributed by atoms with Crippen molar-refractivity contribution >= 4 is 27.3 Å². The molecule has 0 fully saturated rings. The Hall–Kier alpha value is -1.56. The summed E-state index contributed by atoms with van der Waals surface area (Å²) in [6.45, 7) is 4.06. The largest absolute Gasteiger partial charge is 0.496 e. The van der Waals surface area contributed by atoms with Gasteiger partial charge < -0.3 is 10.1 Å². The van der Waals surface area contributed by atoms with Crippen LogP contribution in [0.3, 0.4) is 0 Å². The molecule has 1 aromatic carbocycles. The highest BCUT2D eigenvalue weighted by molar-refractivity contribution is 9.11. The molecule has 0 bridgehead atoms. The lowest BCUT2D eigenvalue weighted by Crippen LogP contribution is -2.03. The van der Waals surface area contributed by atoms with Gasteiger partial charge in [-0.15, -0.1) is 0 Å². The van der Waals surface area contributed by atoms with Crippen molar-refractivity contribution in [3.05, 3.63) is 39.4 Å². The second kappa shape index (κ2) is 5.50. The van der Waals surface area contributed by atoms with E-state index in [-0.39, 0.29) is 5.69 Å². The molecule has 0 radical (unpaired) electrons. The number of anilines is 1. The van der Waals surface area contributed by atoms with Crippen molar-refractivity contribution in [2.45, 2.75) is 0 Å². The minimum absolute atomic E-state index is 0.0203. The Labute approximate surface area is 101 Å². The third kappa shape index (κ3) is 3.23. The Morgan fingerprint density at radius 3 is 2.88 bits per heavy atom. The maximum Gasteiger partial charge on any atom is 0.296 e. The molecule has 0 atom stereocenters. The molecule has 0 aliphatic carbocycles. The van der Waals surface area contributed by atoms with Crippen LogP contribution in [0.1, 0.15) is 0 Å². The molecule has 0 saturated heterocycles. The second-order valence-electron chi connectivity index (χ2n) is 3.01. The molecule has 1 aromatic rings. The van der Waals surface area contributed by atoms with Gasteiger partial charge in [-0.05, 0) is 12.1 Å². The van der Waals surface area contributed by atoms with Crippen LogP contribution in [0.4, 0.5) is 11.4 Å². The minimum Gasteiger partial charge on any atom is -0.496 e. The summed E-state index contributed by atoms with van der Waals surface area (Å²) < 4.78 is 5.65. The van der Waals surface area contributed by atoms with Crippen molar-refractivity contribution in [1.82, 2.24) is 0 Å². The van der Waals surface area contributed by atoms with Crippen LogP contribution in [0.25, 0.3) is 0 Å². The fourth-order valence-electron chi connectivity index (χ4n) is 1.13. The molecule has 0 amide bonds. The molecule has 0 aromatic heterocycles. The Bertz CT molecular complexity index is 421. The summed E-state index contributed by atoms with van der Waals surface area (Å²) in [7, 11) is 1.46. The van der Waals surface area contributed by atoms with Gasteiger partial charge in [0.1, 0.15) is 11.4 Å². The summed E-state index contributed by atoms with van der Waals surface area (Å²) in [5.74, 6) is 0.454. The van der Waals surface area contributed by atoms with E-state index < -0.39 is 4.92 Å². The van der Waals surface area contributed by atoms with E-state index in [1.165, 1.54) is 13.2 Å². The molecule has 0 saturated carbocycles. The number of halogens is 1. The van der Waals surface area contributed by atoms with Crippen LogP contribution in [0.2, 0.25) is 0 Å². The first-order valence-corrected chi connectivity index (χ1v) is 5.23. The average molecular weight is 287 g/mol. The number of rotatable bonds is 5. The van der Waals surface area contributed by atoms with Gasteiger partial charge in [0.05, 0.1) is 18.1 Å². The summed E-state index contributed by atoms with van der Waals surface area (Å²) in [5.41, 5.74) is 0.416. The predicted octanol–water partition coefficient (Wildman–Crippen LogP) is 2.92. The first-order chi connectivity index (χ1) is 7.54. The Morgan fingerprint density at radius 2 is 2.38 bits per heavy atom.